The van der Waals surface area contributed by atoms with Crippen molar-refractivity contribution in [1.29, 1.82) is 5.26 Å². The Hall–Kier alpha value is -2.90. The molecular weight excluding hydrogens is 320 g/mol. The minimum Gasteiger partial charge on any atom is -0.348 e. The third-order valence-electron chi connectivity index (χ3n) is 5.23. The summed E-state index contributed by atoms with van der Waals surface area (Å²) in [5.74, 6) is 0. The maximum atomic E-state index is 9.30. The summed E-state index contributed by atoms with van der Waals surface area (Å²) in [4.78, 5) is 10.4. The van der Waals surface area contributed by atoms with Gasteiger partial charge in [-0.1, -0.05) is 43.3 Å². The SMILES string of the molecule is CCc1ccccc1CN1CCc2[nH]cnc2[C@@H]1c1cccc(C#N)c1. The van der Waals surface area contributed by atoms with E-state index in [0.29, 0.717) is 5.56 Å². The van der Waals surface area contributed by atoms with Crippen LogP contribution in [0.5, 0.6) is 0 Å². The summed E-state index contributed by atoms with van der Waals surface area (Å²) in [5, 5.41) is 9.30. The Morgan fingerprint density at radius 1 is 1.19 bits per heavy atom. The van der Waals surface area contributed by atoms with Crippen LogP contribution in [0, 0.1) is 11.3 Å². The average Bonchev–Trinajstić information content (AvgIpc) is 3.17. The normalized spacial score (nSPS) is 16.8. The Kier molecular flexibility index (Phi) is 4.55. The number of aromatic nitrogens is 2. The number of hydrogen-bond acceptors (Lipinski definition) is 3. The maximum Gasteiger partial charge on any atom is 0.0991 e. The molecule has 1 aromatic heterocycles. The van der Waals surface area contributed by atoms with E-state index in [0.717, 1.165) is 37.2 Å². The largest absolute Gasteiger partial charge is 0.348 e. The first kappa shape index (κ1) is 16.6. The van der Waals surface area contributed by atoms with E-state index in [2.05, 4.69) is 58.2 Å². The highest BCUT2D eigenvalue weighted by atomic mass is 15.2. The van der Waals surface area contributed by atoms with Gasteiger partial charge >= 0.3 is 0 Å². The summed E-state index contributed by atoms with van der Waals surface area (Å²) < 4.78 is 0. The molecule has 2 heterocycles. The van der Waals surface area contributed by atoms with Crippen molar-refractivity contribution >= 4 is 0 Å². The van der Waals surface area contributed by atoms with E-state index in [1.54, 1.807) is 6.33 Å². The Morgan fingerprint density at radius 3 is 2.85 bits per heavy atom. The summed E-state index contributed by atoms with van der Waals surface area (Å²) in [6.07, 6.45) is 3.79. The standard InChI is InChI=1S/C22H22N4/c1-2-17-7-3-4-8-19(17)14-26-11-10-20-21(25-15-24-20)22(26)18-9-5-6-16(12-18)13-23/h3-9,12,15,22H,2,10-11,14H2,1H3,(H,24,25)/t22-/m0/s1. The highest BCUT2D eigenvalue weighted by Gasteiger charge is 2.31. The zero-order valence-corrected chi connectivity index (χ0v) is 14.9. The number of benzene rings is 2. The van der Waals surface area contributed by atoms with Gasteiger partial charge < -0.3 is 4.98 Å². The molecule has 0 bridgehead atoms. The second kappa shape index (κ2) is 7.15. The van der Waals surface area contributed by atoms with Crippen molar-refractivity contribution in [2.45, 2.75) is 32.4 Å². The van der Waals surface area contributed by atoms with Crippen LogP contribution in [0.1, 0.15) is 46.6 Å². The smallest absolute Gasteiger partial charge is 0.0991 e. The molecule has 1 aliphatic heterocycles. The average molecular weight is 342 g/mol. The quantitative estimate of drug-likeness (QED) is 0.780. The van der Waals surface area contributed by atoms with Crippen LogP contribution in [0.15, 0.2) is 54.9 Å². The first-order valence-electron chi connectivity index (χ1n) is 9.13. The van der Waals surface area contributed by atoms with Gasteiger partial charge in [0.25, 0.3) is 0 Å². The summed E-state index contributed by atoms with van der Waals surface area (Å²) in [5.41, 5.74) is 6.88. The van der Waals surface area contributed by atoms with E-state index in [9.17, 15) is 5.26 Å². The fraction of sp³-hybridized carbons (Fsp3) is 0.273. The van der Waals surface area contributed by atoms with Crippen molar-refractivity contribution in [1.82, 2.24) is 14.9 Å². The molecule has 4 heteroatoms. The number of hydrogen-bond donors (Lipinski definition) is 1. The number of imidazole rings is 1. The van der Waals surface area contributed by atoms with Crippen molar-refractivity contribution in [3.05, 3.63) is 88.5 Å². The molecule has 0 aliphatic carbocycles. The predicted molar refractivity (Wildman–Crippen MR) is 102 cm³/mol. The molecule has 4 rings (SSSR count). The molecule has 2 aromatic carbocycles. The lowest BCUT2D eigenvalue weighted by atomic mass is 9.93. The van der Waals surface area contributed by atoms with E-state index < -0.39 is 0 Å². The van der Waals surface area contributed by atoms with Crippen LogP contribution in [0.4, 0.5) is 0 Å². The molecule has 1 atom stereocenters. The van der Waals surface area contributed by atoms with Crippen molar-refractivity contribution < 1.29 is 0 Å². The van der Waals surface area contributed by atoms with Gasteiger partial charge in [0.15, 0.2) is 0 Å². The van der Waals surface area contributed by atoms with Gasteiger partial charge in [-0.3, -0.25) is 4.90 Å². The van der Waals surface area contributed by atoms with Gasteiger partial charge in [-0.05, 0) is 35.2 Å². The summed E-state index contributed by atoms with van der Waals surface area (Å²) >= 11 is 0. The second-order valence-electron chi connectivity index (χ2n) is 6.75. The highest BCUT2D eigenvalue weighted by Crippen LogP contribution is 2.35. The van der Waals surface area contributed by atoms with Crippen LogP contribution in [0.25, 0.3) is 0 Å². The lowest BCUT2D eigenvalue weighted by Crippen LogP contribution is -2.36. The molecule has 0 unspecified atom stereocenters. The molecule has 4 nitrogen and oxygen atoms in total. The Morgan fingerprint density at radius 2 is 2.04 bits per heavy atom. The van der Waals surface area contributed by atoms with Gasteiger partial charge in [0.2, 0.25) is 0 Å². The topological polar surface area (TPSA) is 55.7 Å². The van der Waals surface area contributed by atoms with Crippen molar-refractivity contribution in [2.24, 2.45) is 0 Å². The Balaban J connectivity index is 1.74. The zero-order valence-electron chi connectivity index (χ0n) is 14.9. The van der Waals surface area contributed by atoms with Crippen LogP contribution in [0.3, 0.4) is 0 Å². The fourth-order valence-electron chi connectivity index (χ4n) is 3.92. The number of aromatic amines is 1. The fourth-order valence-corrected chi connectivity index (χ4v) is 3.92. The molecule has 1 aliphatic rings. The van der Waals surface area contributed by atoms with Crippen molar-refractivity contribution in [3.8, 4) is 6.07 Å². The molecule has 0 radical (unpaired) electrons. The molecule has 130 valence electrons. The first-order chi connectivity index (χ1) is 12.8. The Labute approximate surface area is 154 Å². The predicted octanol–water partition coefficient (Wildman–Crippen LogP) is 3.99. The van der Waals surface area contributed by atoms with Gasteiger partial charge in [0.1, 0.15) is 0 Å². The van der Waals surface area contributed by atoms with Crippen LogP contribution in [0.2, 0.25) is 0 Å². The molecule has 0 spiro atoms. The molecule has 0 saturated heterocycles. The minimum atomic E-state index is 0.0724. The Bertz CT molecular complexity index is 951. The molecule has 1 N–H and O–H groups in total. The number of nitrogens with one attached hydrogen (secondary N) is 1. The monoisotopic (exact) mass is 342 g/mol. The first-order valence-corrected chi connectivity index (χ1v) is 9.13. The van der Waals surface area contributed by atoms with Crippen LogP contribution in [-0.2, 0) is 19.4 Å². The number of nitriles is 1. The van der Waals surface area contributed by atoms with E-state index in [1.807, 2.05) is 18.2 Å². The van der Waals surface area contributed by atoms with Gasteiger partial charge in [-0.2, -0.15) is 5.26 Å². The lowest BCUT2D eigenvalue weighted by molar-refractivity contribution is 0.200. The molecule has 0 fully saturated rings. The number of fused-ring (bicyclic) bond motifs is 1. The van der Waals surface area contributed by atoms with E-state index >= 15 is 0 Å². The third-order valence-corrected chi connectivity index (χ3v) is 5.23. The molecule has 0 amide bonds. The van der Waals surface area contributed by atoms with Crippen LogP contribution in [-0.4, -0.2) is 21.4 Å². The van der Waals surface area contributed by atoms with Crippen LogP contribution >= 0.6 is 0 Å². The maximum absolute atomic E-state index is 9.30. The molecule has 26 heavy (non-hydrogen) atoms. The van der Waals surface area contributed by atoms with Gasteiger partial charge in [-0.25, -0.2) is 4.98 Å². The minimum absolute atomic E-state index is 0.0724. The number of aryl methyl sites for hydroxylation is 1. The summed E-state index contributed by atoms with van der Waals surface area (Å²) in [6, 6.07) is 18.9. The number of rotatable bonds is 4. The number of nitrogens with zero attached hydrogens (tertiary/aromatic N) is 3. The highest BCUT2D eigenvalue weighted by molar-refractivity contribution is 5.39. The van der Waals surface area contributed by atoms with E-state index in [4.69, 9.17) is 0 Å². The van der Waals surface area contributed by atoms with Crippen molar-refractivity contribution in [3.63, 3.8) is 0 Å². The van der Waals surface area contributed by atoms with E-state index in [-0.39, 0.29) is 6.04 Å². The molecular formula is C22H22N4. The summed E-state index contributed by atoms with van der Waals surface area (Å²) in [7, 11) is 0. The zero-order chi connectivity index (χ0) is 17.9. The molecule has 3 aromatic rings. The van der Waals surface area contributed by atoms with E-state index in [1.165, 1.54) is 16.8 Å². The van der Waals surface area contributed by atoms with Gasteiger partial charge in [0, 0.05) is 25.2 Å². The van der Waals surface area contributed by atoms with Crippen LogP contribution < -0.4 is 0 Å². The van der Waals surface area contributed by atoms with Crippen molar-refractivity contribution in [2.75, 3.05) is 6.54 Å². The van der Waals surface area contributed by atoms with Gasteiger partial charge in [-0.15, -0.1) is 0 Å². The number of H-pyrrole nitrogens is 1. The lowest BCUT2D eigenvalue weighted by Gasteiger charge is -2.35. The second-order valence-corrected chi connectivity index (χ2v) is 6.75. The summed E-state index contributed by atoms with van der Waals surface area (Å²) in [6.45, 7) is 4.06. The molecule has 0 saturated carbocycles. The van der Waals surface area contributed by atoms with Gasteiger partial charge in [0.05, 0.1) is 29.7 Å². The third kappa shape index (κ3) is 3.02.